The molecule has 0 aliphatic carbocycles. The second kappa shape index (κ2) is 2.89. The van der Waals surface area contributed by atoms with Gasteiger partial charge in [0.05, 0.1) is 12.7 Å². The molecule has 0 spiro atoms. The second-order valence-corrected chi connectivity index (χ2v) is 2.02. The first-order valence-corrected chi connectivity index (χ1v) is 2.89. The van der Waals surface area contributed by atoms with Crippen molar-refractivity contribution >= 4 is 0 Å². The summed E-state index contributed by atoms with van der Waals surface area (Å²) in [6, 6.07) is 0. The normalized spacial score (nSPS) is 34.8. The van der Waals surface area contributed by atoms with E-state index in [2.05, 4.69) is 5.18 Å². The van der Waals surface area contributed by atoms with Gasteiger partial charge in [-0.15, -0.1) is 0 Å². The van der Waals surface area contributed by atoms with E-state index in [1.54, 1.807) is 0 Å². The van der Waals surface area contributed by atoms with Crippen molar-refractivity contribution in [2.45, 2.75) is 19.3 Å². The topological polar surface area (TPSA) is 47.9 Å². The van der Waals surface area contributed by atoms with Crippen LogP contribution in [-0.2, 0) is 9.47 Å². The van der Waals surface area contributed by atoms with E-state index in [4.69, 9.17) is 9.47 Å². The fraction of sp³-hybridized carbons (Fsp3) is 1.00. The summed E-state index contributed by atoms with van der Waals surface area (Å²) < 4.78 is 10.1. The predicted octanol–water partition coefficient (Wildman–Crippen LogP) is 0.514. The molecule has 1 aliphatic rings. The molecule has 0 aromatic carbocycles. The number of hydrogen-bond donors (Lipinski definition) is 0. The van der Waals surface area contributed by atoms with Gasteiger partial charge in [0, 0.05) is 0 Å². The minimum atomic E-state index is -0.391. The van der Waals surface area contributed by atoms with Crippen LogP contribution >= 0.6 is 0 Å². The molecule has 0 N–H and O–H groups in total. The van der Waals surface area contributed by atoms with E-state index in [-0.39, 0.29) is 12.6 Å². The average Bonchev–Trinajstić information content (AvgIpc) is 2.17. The Morgan fingerprint density at radius 3 is 3.00 bits per heavy atom. The van der Waals surface area contributed by atoms with Gasteiger partial charge in [-0.2, -0.15) is 4.91 Å². The van der Waals surface area contributed by atoms with Gasteiger partial charge in [0.1, 0.15) is 6.54 Å². The van der Waals surface area contributed by atoms with Gasteiger partial charge in [0.25, 0.3) is 0 Å². The lowest BCUT2D eigenvalue weighted by molar-refractivity contribution is -0.0459. The molecule has 1 fully saturated rings. The first-order chi connectivity index (χ1) is 4.33. The number of hydrogen-bond acceptors (Lipinski definition) is 4. The van der Waals surface area contributed by atoms with Crippen LogP contribution in [0.25, 0.3) is 0 Å². The van der Waals surface area contributed by atoms with Crippen LogP contribution in [0.15, 0.2) is 5.18 Å². The number of rotatable bonds is 2. The van der Waals surface area contributed by atoms with Crippen molar-refractivity contribution < 1.29 is 9.47 Å². The Kier molecular flexibility index (Phi) is 2.13. The molecule has 0 bridgehead atoms. The summed E-state index contributed by atoms with van der Waals surface area (Å²) in [7, 11) is 0. The molecular formula is C5H9NO3. The van der Waals surface area contributed by atoms with Crippen molar-refractivity contribution in [3.63, 3.8) is 0 Å². The highest BCUT2D eigenvalue weighted by Crippen LogP contribution is 2.10. The maximum Gasteiger partial charge on any atom is 0.180 e. The van der Waals surface area contributed by atoms with Crippen molar-refractivity contribution in [3.8, 4) is 0 Å². The van der Waals surface area contributed by atoms with E-state index in [0.717, 1.165) is 0 Å². The van der Waals surface area contributed by atoms with Crippen LogP contribution in [-0.4, -0.2) is 25.5 Å². The quantitative estimate of drug-likeness (QED) is 0.513. The molecule has 0 radical (unpaired) electrons. The number of ether oxygens (including phenoxy) is 2. The molecule has 9 heavy (non-hydrogen) atoms. The molecule has 0 amide bonds. The third-order valence-corrected chi connectivity index (χ3v) is 1.12. The summed E-state index contributed by atoms with van der Waals surface area (Å²) >= 11 is 0. The highest BCUT2D eigenvalue weighted by atomic mass is 16.7. The van der Waals surface area contributed by atoms with E-state index in [1.807, 2.05) is 6.92 Å². The van der Waals surface area contributed by atoms with Crippen LogP contribution in [0.5, 0.6) is 0 Å². The standard InChI is InChI=1S/C5H9NO3/c1-4-3-8-5(9-4)2-6-7/h4-5H,2-3H2,1H3/t4-,5+/m0/s1. The molecule has 0 unspecified atom stereocenters. The molecule has 4 heteroatoms. The second-order valence-electron chi connectivity index (χ2n) is 2.02. The number of nitrogens with zero attached hydrogens (tertiary/aromatic N) is 1. The summed E-state index contributed by atoms with van der Waals surface area (Å²) in [6.45, 7) is 2.56. The molecule has 1 rings (SSSR count). The molecule has 1 aliphatic heterocycles. The smallest absolute Gasteiger partial charge is 0.180 e. The zero-order valence-electron chi connectivity index (χ0n) is 5.24. The molecule has 2 atom stereocenters. The lowest BCUT2D eigenvalue weighted by Crippen LogP contribution is -2.12. The van der Waals surface area contributed by atoms with Gasteiger partial charge in [-0.05, 0) is 6.92 Å². The molecule has 4 nitrogen and oxygen atoms in total. The number of nitroso groups, excluding NO2 is 1. The first-order valence-electron chi connectivity index (χ1n) is 2.89. The largest absolute Gasteiger partial charge is 0.348 e. The zero-order valence-corrected chi connectivity index (χ0v) is 5.24. The summed E-state index contributed by atoms with van der Waals surface area (Å²) in [5, 5.41) is 2.65. The lowest BCUT2D eigenvalue weighted by atomic mass is 10.5. The molecular weight excluding hydrogens is 122 g/mol. The minimum Gasteiger partial charge on any atom is -0.348 e. The van der Waals surface area contributed by atoms with Crippen molar-refractivity contribution in [1.82, 2.24) is 0 Å². The Morgan fingerprint density at radius 1 is 1.78 bits per heavy atom. The highest BCUT2D eigenvalue weighted by molar-refractivity contribution is 4.60. The third-order valence-electron chi connectivity index (χ3n) is 1.12. The summed E-state index contributed by atoms with van der Waals surface area (Å²) in [6.07, 6.45) is -0.283. The Balaban J connectivity index is 2.21. The van der Waals surface area contributed by atoms with E-state index >= 15 is 0 Å². The van der Waals surface area contributed by atoms with Crippen LogP contribution in [0.3, 0.4) is 0 Å². The van der Waals surface area contributed by atoms with Crippen molar-refractivity contribution in [1.29, 1.82) is 0 Å². The molecule has 0 saturated carbocycles. The van der Waals surface area contributed by atoms with Gasteiger partial charge in [0.2, 0.25) is 0 Å². The maximum atomic E-state index is 9.66. The van der Waals surface area contributed by atoms with Crippen LogP contribution in [0.1, 0.15) is 6.92 Å². The van der Waals surface area contributed by atoms with Crippen molar-refractivity contribution in [2.24, 2.45) is 5.18 Å². The Bertz CT molecular complexity index is 106. The van der Waals surface area contributed by atoms with Crippen LogP contribution < -0.4 is 0 Å². The predicted molar refractivity (Wildman–Crippen MR) is 30.9 cm³/mol. The van der Waals surface area contributed by atoms with Gasteiger partial charge in [0.15, 0.2) is 6.29 Å². The van der Waals surface area contributed by atoms with E-state index in [9.17, 15) is 4.91 Å². The van der Waals surface area contributed by atoms with Crippen LogP contribution in [0, 0.1) is 4.91 Å². The molecule has 52 valence electrons. The fourth-order valence-corrected chi connectivity index (χ4v) is 0.737. The molecule has 0 aromatic rings. The molecule has 1 heterocycles. The van der Waals surface area contributed by atoms with Crippen LogP contribution in [0.4, 0.5) is 0 Å². The molecule has 0 aromatic heterocycles. The van der Waals surface area contributed by atoms with Gasteiger partial charge in [-0.3, -0.25) is 0 Å². The first kappa shape index (κ1) is 6.64. The zero-order chi connectivity index (χ0) is 6.69. The van der Waals surface area contributed by atoms with Gasteiger partial charge >= 0.3 is 0 Å². The van der Waals surface area contributed by atoms with E-state index < -0.39 is 6.29 Å². The van der Waals surface area contributed by atoms with Crippen molar-refractivity contribution in [2.75, 3.05) is 13.2 Å². The SMILES string of the molecule is C[C@H]1CO[C@@H](CN=O)O1. The van der Waals surface area contributed by atoms with Gasteiger partial charge in [-0.1, -0.05) is 5.18 Å². The minimum absolute atomic E-state index is 0.102. The average molecular weight is 131 g/mol. The maximum absolute atomic E-state index is 9.66. The summed E-state index contributed by atoms with van der Waals surface area (Å²) in [4.78, 5) is 9.66. The van der Waals surface area contributed by atoms with Gasteiger partial charge in [-0.25, -0.2) is 0 Å². The molecule has 1 saturated heterocycles. The Morgan fingerprint density at radius 2 is 2.56 bits per heavy atom. The van der Waals surface area contributed by atoms with Crippen LogP contribution in [0.2, 0.25) is 0 Å². The summed E-state index contributed by atoms with van der Waals surface area (Å²) in [5.41, 5.74) is 0. The fourth-order valence-electron chi connectivity index (χ4n) is 0.737. The Hall–Kier alpha value is -0.480. The van der Waals surface area contributed by atoms with E-state index in [0.29, 0.717) is 6.61 Å². The third kappa shape index (κ3) is 1.73. The van der Waals surface area contributed by atoms with Gasteiger partial charge < -0.3 is 9.47 Å². The lowest BCUT2D eigenvalue weighted by Gasteiger charge is -2.02. The summed E-state index contributed by atoms with van der Waals surface area (Å²) in [5.74, 6) is 0. The Labute approximate surface area is 53.1 Å². The monoisotopic (exact) mass is 131 g/mol. The van der Waals surface area contributed by atoms with Crippen molar-refractivity contribution in [3.05, 3.63) is 4.91 Å². The van der Waals surface area contributed by atoms with E-state index in [1.165, 1.54) is 0 Å². The highest BCUT2D eigenvalue weighted by Gasteiger charge is 2.21.